The maximum absolute atomic E-state index is 11.4. The van der Waals surface area contributed by atoms with Crippen LogP contribution in [-0.2, 0) is 9.59 Å². The Morgan fingerprint density at radius 2 is 1.93 bits per heavy atom. The summed E-state index contributed by atoms with van der Waals surface area (Å²) in [5.74, 6) is 0.659. The van der Waals surface area contributed by atoms with E-state index in [1.54, 1.807) is 30.3 Å². The second-order valence-electron chi connectivity index (χ2n) is 2.91. The van der Waals surface area contributed by atoms with Crippen molar-refractivity contribution in [3.8, 4) is 0 Å². The van der Waals surface area contributed by atoms with E-state index in [4.69, 9.17) is 10.2 Å². The molecule has 0 fully saturated rings. The van der Waals surface area contributed by atoms with E-state index in [0.717, 1.165) is 0 Å². The van der Waals surface area contributed by atoms with Gasteiger partial charge >= 0.3 is 0 Å². The predicted molar refractivity (Wildman–Crippen MR) is 53.6 cm³/mol. The van der Waals surface area contributed by atoms with Crippen molar-refractivity contribution in [3.63, 3.8) is 0 Å². The fraction of sp³-hybridized carbons (Fsp3) is 0.182. The van der Waals surface area contributed by atoms with Crippen LogP contribution in [0.2, 0.25) is 0 Å². The molecule has 4 heteroatoms. The number of benzene rings is 1. The van der Waals surface area contributed by atoms with Crippen LogP contribution in [0.4, 0.5) is 0 Å². The van der Waals surface area contributed by atoms with Gasteiger partial charge in [0.05, 0.1) is 6.61 Å². The molecule has 4 nitrogen and oxygen atoms in total. The van der Waals surface area contributed by atoms with Crippen LogP contribution in [0.1, 0.15) is 5.56 Å². The molecule has 0 saturated heterocycles. The summed E-state index contributed by atoms with van der Waals surface area (Å²) < 4.78 is 0. The molecule has 0 radical (unpaired) electrons. The van der Waals surface area contributed by atoms with Crippen molar-refractivity contribution in [2.75, 3.05) is 6.61 Å². The number of rotatable bonds is 4. The molecule has 1 unspecified atom stereocenters. The zero-order valence-electron chi connectivity index (χ0n) is 7.88. The maximum atomic E-state index is 11.4. The Labute approximate surface area is 86.5 Å². The van der Waals surface area contributed by atoms with E-state index in [9.17, 15) is 9.59 Å². The van der Waals surface area contributed by atoms with Gasteiger partial charge in [0.15, 0.2) is 0 Å². The van der Waals surface area contributed by atoms with E-state index in [-0.39, 0.29) is 5.57 Å². The molecule has 15 heavy (non-hydrogen) atoms. The van der Waals surface area contributed by atoms with Gasteiger partial charge in [0.2, 0.25) is 5.78 Å². The quantitative estimate of drug-likeness (QED) is 0.529. The highest BCUT2D eigenvalue weighted by Crippen LogP contribution is 2.13. The lowest BCUT2D eigenvalue weighted by Crippen LogP contribution is -2.25. The number of ketones is 1. The highest BCUT2D eigenvalue weighted by molar-refractivity contribution is 6.30. The first-order chi connectivity index (χ1) is 7.20. The van der Waals surface area contributed by atoms with E-state index < -0.39 is 18.5 Å². The second-order valence-corrected chi connectivity index (χ2v) is 2.91. The first kappa shape index (κ1) is 11.3. The van der Waals surface area contributed by atoms with Crippen LogP contribution >= 0.6 is 0 Å². The minimum absolute atomic E-state index is 0.253. The summed E-state index contributed by atoms with van der Waals surface area (Å²) in [6.45, 7) is -0.711. The van der Waals surface area contributed by atoms with Crippen LogP contribution in [0, 0.1) is 0 Å². The number of aliphatic hydroxyl groups excluding tert-OH is 2. The van der Waals surface area contributed by atoms with Gasteiger partial charge in [-0.15, -0.1) is 0 Å². The van der Waals surface area contributed by atoms with Crippen LogP contribution in [0.5, 0.6) is 0 Å². The third-order valence-corrected chi connectivity index (χ3v) is 1.89. The molecule has 0 bridgehead atoms. The van der Waals surface area contributed by atoms with Crippen LogP contribution in [0.15, 0.2) is 30.3 Å². The van der Waals surface area contributed by atoms with E-state index in [2.05, 4.69) is 0 Å². The van der Waals surface area contributed by atoms with Crippen molar-refractivity contribution in [1.82, 2.24) is 0 Å². The number of aliphatic hydroxyl groups is 2. The predicted octanol–water partition coefficient (Wildman–Crippen LogP) is -0.176. The van der Waals surface area contributed by atoms with Crippen molar-refractivity contribution in [2.45, 2.75) is 6.10 Å². The third-order valence-electron chi connectivity index (χ3n) is 1.89. The summed E-state index contributed by atoms with van der Waals surface area (Å²) in [4.78, 5) is 22.0. The van der Waals surface area contributed by atoms with Crippen LogP contribution in [0.3, 0.4) is 0 Å². The topological polar surface area (TPSA) is 74.6 Å². The number of Topliss-reactive ketones (excluding diaryl/α,β-unsaturated/α-hetero) is 1. The molecule has 0 aliphatic rings. The second kappa shape index (κ2) is 5.22. The lowest BCUT2D eigenvalue weighted by atomic mass is 10.0. The number of hydrogen-bond acceptors (Lipinski definition) is 4. The minimum atomic E-state index is -1.57. The Balaban J connectivity index is 3.02. The Hall–Kier alpha value is -1.74. The van der Waals surface area contributed by atoms with E-state index in [1.165, 1.54) is 5.94 Å². The van der Waals surface area contributed by atoms with Gasteiger partial charge in [-0.3, -0.25) is 4.79 Å². The lowest BCUT2D eigenvalue weighted by Gasteiger charge is -2.06. The standard InChI is InChI=1S/C11H10O4/c12-6-9(11(15)10(14)7-13)8-4-2-1-3-5-8/h1-5,10,13-14H,7H2. The smallest absolute Gasteiger partial charge is 0.205 e. The number of carbonyl (C=O) groups excluding carboxylic acids is 2. The van der Waals surface area contributed by atoms with Crippen molar-refractivity contribution in [1.29, 1.82) is 0 Å². The Morgan fingerprint density at radius 3 is 2.40 bits per heavy atom. The van der Waals surface area contributed by atoms with E-state index in [0.29, 0.717) is 5.56 Å². The SMILES string of the molecule is O=C=C(C(=O)C(O)CO)c1ccccc1. The lowest BCUT2D eigenvalue weighted by molar-refractivity contribution is -0.122. The van der Waals surface area contributed by atoms with Gasteiger partial charge in [0.25, 0.3) is 0 Å². The summed E-state index contributed by atoms with van der Waals surface area (Å²) >= 11 is 0. The van der Waals surface area contributed by atoms with Crippen LogP contribution < -0.4 is 0 Å². The summed E-state index contributed by atoms with van der Waals surface area (Å²) in [6.07, 6.45) is -1.57. The molecule has 0 aliphatic carbocycles. The average molecular weight is 206 g/mol. The van der Waals surface area contributed by atoms with E-state index in [1.807, 2.05) is 0 Å². The van der Waals surface area contributed by atoms with Gasteiger partial charge in [0, 0.05) is 0 Å². The molecule has 1 aromatic carbocycles. The van der Waals surface area contributed by atoms with Crippen molar-refractivity contribution >= 4 is 17.3 Å². The Kier molecular flexibility index (Phi) is 3.94. The fourth-order valence-electron chi connectivity index (χ4n) is 1.11. The zero-order chi connectivity index (χ0) is 11.3. The van der Waals surface area contributed by atoms with Crippen molar-refractivity contribution in [3.05, 3.63) is 35.9 Å². The third kappa shape index (κ3) is 2.60. The number of carbonyl (C=O) groups is 1. The Bertz CT molecular complexity index is 390. The summed E-state index contributed by atoms with van der Waals surface area (Å²) in [6, 6.07) is 8.17. The molecular weight excluding hydrogens is 196 g/mol. The van der Waals surface area contributed by atoms with Crippen LogP contribution in [-0.4, -0.2) is 34.6 Å². The zero-order valence-corrected chi connectivity index (χ0v) is 7.88. The number of hydrogen-bond donors (Lipinski definition) is 2. The largest absolute Gasteiger partial charge is 0.393 e. The summed E-state index contributed by atoms with van der Waals surface area (Å²) in [7, 11) is 0. The van der Waals surface area contributed by atoms with Crippen molar-refractivity contribution in [2.24, 2.45) is 0 Å². The molecular formula is C11H10O4. The average Bonchev–Trinajstić information content (AvgIpc) is 2.30. The molecule has 0 aliphatic heterocycles. The fourth-order valence-corrected chi connectivity index (χ4v) is 1.11. The molecule has 0 saturated carbocycles. The van der Waals surface area contributed by atoms with Gasteiger partial charge in [-0.05, 0) is 5.56 Å². The molecule has 2 N–H and O–H groups in total. The molecule has 1 atom stereocenters. The molecule has 0 amide bonds. The van der Waals surface area contributed by atoms with Gasteiger partial charge in [-0.25, -0.2) is 4.79 Å². The molecule has 0 spiro atoms. The van der Waals surface area contributed by atoms with Crippen LogP contribution in [0.25, 0.3) is 5.57 Å². The molecule has 0 heterocycles. The van der Waals surface area contributed by atoms with Gasteiger partial charge in [0.1, 0.15) is 17.6 Å². The summed E-state index contributed by atoms with van der Waals surface area (Å²) in [5.41, 5.74) is 0.127. The first-order valence-corrected chi connectivity index (χ1v) is 4.34. The minimum Gasteiger partial charge on any atom is -0.393 e. The highest BCUT2D eigenvalue weighted by Gasteiger charge is 2.20. The monoisotopic (exact) mass is 206 g/mol. The first-order valence-electron chi connectivity index (χ1n) is 4.34. The molecule has 1 aromatic rings. The molecule has 0 aromatic heterocycles. The highest BCUT2D eigenvalue weighted by atomic mass is 16.3. The van der Waals surface area contributed by atoms with Crippen molar-refractivity contribution < 1.29 is 19.8 Å². The summed E-state index contributed by atoms with van der Waals surface area (Å²) in [5, 5.41) is 17.7. The molecule has 1 rings (SSSR count). The maximum Gasteiger partial charge on any atom is 0.205 e. The normalized spacial score (nSPS) is 11.6. The van der Waals surface area contributed by atoms with Gasteiger partial charge in [-0.2, -0.15) is 0 Å². The Morgan fingerprint density at radius 1 is 1.33 bits per heavy atom. The molecule has 78 valence electrons. The van der Waals surface area contributed by atoms with Gasteiger partial charge in [-0.1, -0.05) is 30.3 Å². The van der Waals surface area contributed by atoms with E-state index >= 15 is 0 Å². The van der Waals surface area contributed by atoms with Gasteiger partial charge < -0.3 is 10.2 Å².